The summed E-state index contributed by atoms with van der Waals surface area (Å²) in [5.41, 5.74) is -0.161. The van der Waals surface area contributed by atoms with E-state index in [2.05, 4.69) is 27.4 Å². The number of alkyl halides is 3. The van der Waals surface area contributed by atoms with Gasteiger partial charge in [0.15, 0.2) is 0 Å². The molecule has 1 aliphatic rings. The Hall–Kier alpha value is -2.94. The lowest BCUT2D eigenvalue weighted by atomic mass is 9.96. The Morgan fingerprint density at radius 3 is 2.54 bits per heavy atom. The Morgan fingerprint density at radius 2 is 1.83 bits per heavy atom. The van der Waals surface area contributed by atoms with Gasteiger partial charge in [0.2, 0.25) is 5.91 Å². The highest BCUT2D eigenvalue weighted by molar-refractivity contribution is 6.02. The average Bonchev–Trinajstić information content (AvgIpc) is 3.04. The first-order valence-corrected chi connectivity index (χ1v) is 12.0. The molecule has 2 aromatic rings. The van der Waals surface area contributed by atoms with E-state index in [1.165, 1.54) is 6.07 Å². The quantitative estimate of drug-likeness (QED) is 0.555. The second-order valence-corrected chi connectivity index (χ2v) is 9.69. The lowest BCUT2D eigenvalue weighted by Gasteiger charge is -2.27. The monoisotopic (exact) mass is 490 g/mol. The van der Waals surface area contributed by atoms with Gasteiger partial charge < -0.3 is 10.6 Å². The van der Waals surface area contributed by atoms with Crippen molar-refractivity contribution in [3.63, 3.8) is 0 Å². The number of carbonyl (C=O) groups excluding carboxylic acids is 2. The number of hydrogen-bond donors (Lipinski definition) is 2. The molecule has 2 amide bonds. The zero-order valence-corrected chi connectivity index (χ0v) is 20.4. The molecule has 0 bridgehead atoms. The normalized spacial score (nSPS) is 17.5. The molecular formula is C26H33F3N4O2. The first-order valence-electron chi connectivity index (χ1n) is 12.0. The summed E-state index contributed by atoms with van der Waals surface area (Å²) in [7, 11) is 0. The number of benzene rings is 1. The number of likely N-dealkylation sites (tertiary alicyclic amines) is 1. The van der Waals surface area contributed by atoms with Crippen molar-refractivity contribution >= 4 is 17.5 Å². The number of aromatic nitrogens is 1. The fraction of sp³-hybridized carbons (Fsp3) is 0.500. The lowest BCUT2D eigenvalue weighted by Crippen LogP contribution is -2.45. The molecule has 190 valence electrons. The van der Waals surface area contributed by atoms with E-state index in [0.717, 1.165) is 56.5 Å². The van der Waals surface area contributed by atoms with Crippen LogP contribution in [0, 0.1) is 5.92 Å². The van der Waals surface area contributed by atoms with Crippen LogP contribution in [0.4, 0.5) is 18.9 Å². The van der Waals surface area contributed by atoms with Crippen LogP contribution in [-0.4, -0.2) is 40.3 Å². The number of nitrogens with one attached hydrogen (secondary N) is 2. The predicted molar refractivity (Wildman–Crippen MR) is 129 cm³/mol. The molecule has 1 atom stereocenters. The molecule has 35 heavy (non-hydrogen) atoms. The van der Waals surface area contributed by atoms with Gasteiger partial charge in [0, 0.05) is 23.7 Å². The molecule has 9 heteroatoms. The summed E-state index contributed by atoms with van der Waals surface area (Å²) < 4.78 is 38.7. The molecular weight excluding hydrogens is 457 g/mol. The van der Waals surface area contributed by atoms with Gasteiger partial charge >= 0.3 is 6.18 Å². The highest BCUT2D eigenvalue weighted by Crippen LogP contribution is 2.27. The van der Waals surface area contributed by atoms with E-state index in [-0.39, 0.29) is 23.1 Å². The Morgan fingerprint density at radius 1 is 1.09 bits per heavy atom. The van der Waals surface area contributed by atoms with E-state index in [4.69, 9.17) is 0 Å². The second kappa shape index (κ2) is 11.2. The van der Waals surface area contributed by atoms with Gasteiger partial charge in [-0.2, -0.15) is 13.2 Å². The lowest BCUT2D eigenvalue weighted by molar-refractivity contribution is -0.141. The van der Waals surface area contributed by atoms with Crippen molar-refractivity contribution in [2.24, 2.45) is 5.92 Å². The third-order valence-corrected chi connectivity index (χ3v) is 6.40. The van der Waals surface area contributed by atoms with Crippen molar-refractivity contribution in [1.29, 1.82) is 0 Å². The SMILES string of the molecule is CCC(C)(C)NC(=O)C1CCCN(Cc2cccc(NC(=O)c3cccc(C(F)(F)F)n3)c2)CC1. The minimum Gasteiger partial charge on any atom is -0.351 e. The molecule has 1 saturated heterocycles. The van der Waals surface area contributed by atoms with Crippen molar-refractivity contribution in [2.45, 2.75) is 64.7 Å². The number of hydrogen-bond acceptors (Lipinski definition) is 4. The van der Waals surface area contributed by atoms with E-state index in [1.807, 2.05) is 26.0 Å². The van der Waals surface area contributed by atoms with Gasteiger partial charge in [-0.15, -0.1) is 0 Å². The van der Waals surface area contributed by atoms with Gasteiger partial charge in [-0.1, -0.05) is 25.1 Å². The maximum absolute atomic E-state index is 12.9. The maximum atomic E-state index is 12.9. The molecule has 3 rings (SSSR count). The van der Waals surface area contributed by atoms with Gasteiger partial charge in [-0.3, -0.25) is 14.5 Å². The minimum atomic E-state index is -4.62. The van der Waals surface area contributed by atoms with Gasteiger partial charge in [-0.25, -0.2) is 4.98 Å². The van der Waals surface area contributed by atoms with Crippen LogP contribution in [0.1, 0.15) is 68.2 Å². The summed E-state index contributed by atoms with van der Waals surface area (Å²) in [6.07, 6.45) is -1.20. The molecule has 1 aromatic carbocycles. The van der Waals surface area contributed by atoms with Crippen molar-refractivity contribution in [1.82, 2.24) is 15.2 Å². The second-order valence-electron chi connectivity index (χ2n) is 9.69. The fourth-order valence-corrected chi connectivity index (χ4v) is 4.02. The van der Waals surface area contributed by atoms with Crippen molar-refractivity contribution in [2.75, 3.05) is 18.4 Å². The van der Waals surface area contributed by atoms with E-state index in [0.29, 0.717) is 12.2 Å². The van der Waals surface area contributed by atoms with Crippen LogP contribution < -0.4 is 10.6 Å². The fourth-order valence-electron chi connectivity index (χ4n) is 4.02. The number of nitrogens with zero attached hydrogens (tertiary/aromatic N) is 2. The summed E-state index contributed by atoms with van der Waals surface area (Å²) >= 11 is 0. The van der Waals surface area contributed by atoms with Crippen LogP contribution in [-0.2, 0) is 17.5 Å². The Labute approximate surface area is 204 Å². The van der Waals surface area contributed by atoms with Crippen LogP contribution in [0.25, 0.3) is 0 Å². The highest BCUT2D eigenvalue weighted by atomic mass is 19.4. The summed E-state index contributed by atoms with van der Waals surface area (Å²) in [6.45, 7) is 8.43. The summed E-state index contributed by atoms with van der Waals surface area (Å²) in [6, 6.07) is 10.5. The maximum Gasteiger partial charge on any atom is 0.433 e. The number of anilines is 1. The Bertz CT molecular complexity index is 1040. The third-order valence-electron chi connectivity index (χ3n) is 6.40. The number of rotatable bonds is 7. The summed E-state index contributed by atoms with van der Waals surface area (Å²) in [5.74, 6) is -0.588. The molecule has 0 aliphatic carbocycles. The first kappa shape index (κ1) is 26.7. The molecule has 0 spiro atoms. The van der Waals surface area contributed by atoms with Gasteiger partial charge in [0.25, 0.3) is 5.91 Å². The van der Waals surface area contributed by atoms with Gasteiger partial charge in [0.05, 0.1) is 0 Å². The molecule has 1 aromatic heterocycles. The Balaban J connectivity index is 1.59. The standard InChI is InChI=1S/C26H33F3N4O2/c1-4-25(2,3)32-23(34)19-9-7-14-33(15-13-19)17-18-8-5-10-20(16-18)30-24(35)21-11-6-12-22(31-21)26(27,28)29/h5-6,8,10-12,16,19H,4,7,9,13-15,17H2,1-3H3,(H,30,35)(H,32,34). The zero-order chi connectivity index (χ0) is 25.6. The number of halogens is 3. The summed E-state index contributed by atoms with van der Waals surface area (Å²) in [5, 5.41) is 5.79. The number of carbonyl (C=O) groups is 2. The van der Waals surface area contributed by atoms with Crippen LogP contribution in [0.15, 0.2) is 42.5 Å². The number of amides is 2. The minimum absolute atomic E-state index is 0.00332. The van der Waals surface area contributed by atoms with E-state index in [1.54, 1.807) is 12.1 Å². The third kappa shape index (κ3) is 7.78. The van der Waals surface area contributed by atoms with Crippen LogP contribution in [0.2, 0.25) is 0 Å². The predicted octanol–water partition coefficient (Wildman–Crippen LogP) is 5.26. The van der Waals surface area contributed by atoms with Crippen molar-refractivity contribution in [3.8, 4) is 0 Å². The van der Waals surface area contributed by atoms with Gasteiger partial charge in [-0.05, 0) is 82.4 Å². The highest BCUT2D eigenvalue weighted by Gasteiger charge is 2.33. The first-order chi connectivity index (χ1) is 16.5. The Kier molecular flexibility index (Phi) is 8.53. The van der Waals surface area contributed by atoms with E-state index < -0.39 is 17.8 Å². The van der Waals surface area contributed by atoms with E-state index in [9.17, 15) is 22.8 Å². The molecule has 2 N–H and O–H groups in total. The van der Waals surface area contributed by atoms with Crippen molar-refractivity contribution < 1.29 is 22.8 Å². The molecule has 0 saturated carbocycles. The largest absolute Gasteiger partial charge is 0.433 e. The van der Waals surface area contributed by atoms with Gasteiger partial charge in [0.1, 0.15) is 11.4 Å². The zero-order valence-electron chi connectivity index (χ0n) is 20.4. The molecule has 1 unspecified atom stereocenters. The molecule has 0 radical (unpaired) electrons. The molecule has 2 heterocycles. The van der Waals surface area contributed by atoms with E-state index >= 15 is 0 Å². The molecule has 6 nitrogen and oxygen atoms in total. The van der Waals surface area contributed by atoms with Crippen LogP contribution in [0.5, 0.6) is 0 Å². The van der Waals surface area contributed by atoms with Crippen LogP contribution in [0.3, 0.4) is 0 Å². The average molecular weight is 491 g/mol. The summed E-state index contributed by atoms with van der Waals surface area (Å²) in [4.78, 5) is 30.9. The van der Waals surface area contributed by atoms with Crippen LogP contribution >= 0.6 is 0 Å². The van der Waals surface area contributed by atoms with Crippen molar-refractivity contribution in [3.05, 3.63) is 59.4 Å². The number of pyridine rings is 1. The smallest absolute Gasteiger partial charge is 0.351 e. The molecule has 1 aliphatic heterocycles. The topological polar surface area (TPSA) is 74.3 Å². The molecule has 1 fully saturated rings.